The first-order chi connectivity index (χ1) is 14.2. The summed E-state index contributed by atoms with van der Waals surface area (Å²) in [5.41, 5.74) is 3.82. The Bertz CT molecular complexity index is 939. The van der Waals surface area contributed by atoms with Crippen LogP contribution < -0.4 is 5.32 Å². The number of nitrogens with zero attached hydrogens (tertiary/aromatic N) is 2. The highest BCUT2D eigenvalue weighted by Crippen LogP contribution is 2.32. The van der Waals surface area contributed by atoms with Crippen molar-refractivity contribution in [2.45, 2.75) is 32.6 Å². The van der Waals surface area contributed by atoms with Crippen molar-refractivity contribution < 1.29 is 14.3 Å². The summed E-state index contributed by atoms with van der Waals surface area (Å²) >= 11 is 0. The van der Waals surface area contributed by atoms with Gasteiger partial charge in [-0.1, -0.05) is 18.2 Å². The number of aromatic nitrogens is 1. The van der Waals surface area contributed by atoms with Crippen molar-refractivity contribution in [3.63, 3.8) is 0 Å². The lowest BCUT2D eigenvalue weighted by Crippen LogP contribution is -2.20. The van der Waals surface area contributed by atoms with Gasteiger partial charge in [-0.2, -0.15) is 0 Å². The largest absolute Gasteiger partial charge is 0.462 e. The van der Waals surface area contributed by atoms with Gasteiger partial charge in [0.05, 0.1) is 17.7 Å². The summed E-state index contributed by atoms with van der Waals surface area (Å²) in [6.45, 7) is 5.54. The van der Waals surface area contributed by atoms with Crippen molar-refractivity contribution in [2.24, 2.45) is 0 Å². The molecule has 152 valence electrons. The highest BCUT2D eigenvalue weighted by Gasteiger charge is 2.24. The number of amides is 1. The van der Waals surface area contributed by atoms with E-state index in [1.54, 1.807) is 12.4 Å². The molecular weight excluding hydrogens is 366 g/mol. The van der Waals surface area contributed by atoms with Crippen molar-refractivity contribution in [2.75, 3.05) is 31.6 Å². The van der Waals surface area contributed by atoms with E-state index in [4.69, 9.17) is 4.74 Å². The molecule has 3 heterocycles. The summed E-state index contributed by atoms with van der Waals surface area (Å²) in [5, 5.41) is 2.88. The van der Waals surface area contributed by atoms with E-state index in [1.165, 1.54) is 25.9 Å². The molecule has 0 radical (unpaired) electrons. The average molecular weight is 393 g/mol. The van der Waals surface area contributed by atoms with Gasteiger partial charge in [-0.3, -0.25) is 4.79 Å². The molecule has 29 heavy (non-hydrogen) atoms. The van der Waals surface area contributed by atoms with E-state index in [1.807, 2.05) is 42.0 Å². The van der Waals surface area contributed by atoms with E-state index >= 15 is 0 Å². The quantitative estimate of drug-likeness (QED) is 0.576. The molecule has 1 N–H and O–H groups in total. The Labute approximate surface area is 171 Å². The number of fused-ring (bicyclic) bond motifs is 1. The summed E-state index contributed by atoms with van der Waals surface area (Å²) in [6, 6.07) is 7.62. The fourth-order valence-electron chi connectivity index (χ4n) is 4.10. The van der Waals surface area contributed by atoms with Crippen molar-refractivity contribution in [3.8, 4) is 0 Å². The topological polar surface area (TPSA) is 63.6 Å². The molecular formula is C23H27N3O3. The number of nitrogens with one attached hydrogen (secondary N) is 1. The van der Waals surface area contributed by atoms with Crippen molar-refractivity contribution in [1.29, 1.82) is 0 Å². The van der Waals surface area contributed by atoms with Crippen LogP contribution in [0.4, 0.5) is 5.69 Å². The molecule has 0 aliphatic carbocycles. The van der Waals surface area contributed by atoms with Gasteiger partial charge in [0, 0.05) is 29.8 Å². The number of aryl methyl sites for hydroxylation is 1. The minimum absolute atomic E-state index is 0.131. The lowest BCUT2D eigenvalue weighted by atomic mass is 10.1. The van der Waals surface area contributed by atoms with Gasteiger partial charge in [0.2, 0.25) is 0 Å². The van der Waals surface area contributed by atoms with Crippen LogP contribution in [0, 0.1) is 0 Å². The zero-order chi connectivity index (χ0) is 20.2. The van der Waals surface area contributed by atoms with Gasteiger partial charge in [0.1, 0.15) is 0 Å². The molecule has 2 aromatic rings. The smallest absolute Gasteiger partial charge is 0.339 e. The number of esters is 1. The number of hydrogen-bond acceptors (Lipinski definition) is 4. The minimum atomic E-state index is -0.308. The summed E-state index contributed by atoms with van der Waals surface area (Å²) in [4.78, 5) is 27.3. The number of rotatable bonds is 7. The lowest BCUT2D eigenvalue weighted by Gasteiger charge is -2.13. The summed E-state index contributed by atoms with van der Waals surface area (Å²) < 4.78 is 7.06. The second kappa shape index (κ2) is 8.66. The highest BCUT2D eigenvalue weighted by atomic mass is 16.5. The van der Waals surface area contributed by atoms with Gasteiger partial charge in [-0.05, 0) is 63.9 Å². The predicted molar refractivity (Wildman–Crippen MR) is 114 cm³/mol. The third kappa shape index (κ3) is 4.27. The number of ether oxygens (including phenoxy) is 1. The molecule has 4 rings (SSSR count). The van der Waals surface area contributed by atoms with Gasteiger partial charge in [0.15, 0.2) is 0 Å². The van der Waals surface area contributed by atoms with Crippen molar-refractivity contribution >= 4 is 29.3 Å². The normalized spacial score (nSPS) is 17.6. The van der Waals surface area contributed by atoms with Crippen LogP contribution in [0.25, 0.3) is 11.8 Å². The Morgan fingerprint density at radius 1 is 1.21 bits per heavy atom. The van der Waals surface area contributed by atoms with Crippen LogP contribution in [-0.2, 0) is 16.0 Å². The Hall–Kier alpha value is -2.86. The van der Waals surface area contributed by atoms with E-state index in [-0.39, 0.29) is 11.9 Å². The number of likely N-dealkylation sites (tertiary alicyclic amines) is 1. The van der Waals surface area contributed by atoms with Crippen LogP contribution in [0.1, 0.15) is 47.7 Å². The number of anilines is 1. The van der Waals surface area contributed by atoms with E-state index in [2.05, 4.69) is 10.2 Å². The maximum absolute atomic E-state index is 12.5. The fourth-order valence-corrected chi connectivity index (χ4v) is 4.10. The van der Waals surface area contributed by atoms with E-state index < -0.39 is 0 Å². The van der Waals surface area contributed by atoms with Gasteiger partial charge in [-0.15, -0.1) is 0 Å². The molecule has 0 atom stereocenters. The first-order valence-electron chi connectivity index (χ1n) is 10.4. The average Bonchev–Trinajstić information content (AvgIpc) is 3.43. The number of hydrogen-bond donors (Lipinski definition) is 1. The standard InChI is InChI=1S/C23H27N3O3/c1-2-29-23(28)19-15-26(14-17(19)8-7-13-25-11-5-6-12-25)16-20-18-9-3-4-10-21(18)24-22(20)27/h3-4,9-10,14-16H,2,5-8,11-13H2,1H3,(H,24,27). The summed E-state index contributed by atoms with van der Waals surface area (Å²) in [6.07, 6.45) is 9.86. The molecule has 2 aliphatic rings. The molecule has 0 spiro atoms. The third-order valence-electron chi connectivity index (χ3n) is 5.53. The van der Waals surface area contributed by atoms with E-state index in [9.17, 15) is 9.59 Å². The number of carbonyl (C=O) groups is 2. The second-order valence-electron chi connectivity index (χ2n) is 7.56. The predicted octanol–water partition coefficient (Wildman–Crippen LogP) is 3.64. The molecule has 6 nitrogen and oxygen atoms in total. The Kier molecular flexibility index (Phi) is 5.81. The molecule has 0 bridgehead atoms. The molecule has 1 fully saturated rings. The molecule has 1 saturated heterocycles. The van der Waals surface area contributed by atoms with Crippen LogP contribution in [0.15, 0.2) is 36.7 Å². The molecule has 1 amide bonds. The summed E-state index contributed by atoms with van der Waals surface area (Å²) in [7, 11) is 0. The second-order valence-corrected chi connectivity index (χ2v) is 7.56. The minimum Gasteiger partial charge on any atom is -0.462 e. The Balaban J connectivity index is 1.57. The monoisotopic (exact) mass is 393 g/mol. The number of benzene rings is 1. The maximum Gasteiger partial charge on any atom is 0.339 e. The molecule has 2 aliphatic heterocycles. The van der Waals surface area contributed by atoms with Crippen molar-refractivity contribution in [3.05, 3.63) is 53.3 Å². The number of carbonyl (C=O) groups excluding carboxylic acids is 2. The Morgan fingerprint density at radius 2 is 2.00 bits per heavy atom. The number of para-hydroxylation sites is 1. The van der Waals surface area contributed by atoms with Crippen LogP contribution >= 0.6 is 0 Å². The molecule has 6 heteroatoms. The van der Waals surface area contributed by atoms with Crippen LogP contribution in [0.3, 0.4) is 0 Å². The van der Waals surface area contributed by atoms with Crippen molar-refractivity contribution in [1.82, 2.24) is 9.47 Å². The van der Waals surface area contributed by atoms with Crippen LogP contribution in [0.2, 0.25) is 0 Å². The van der Waals surface area contributed by atoms with Gasteiger partial charge in [-0.25, -0.2) is 4.79 Å². The van der Waals surface area contributed by atoms with Gasteiger partial charge >= 0.3 is 5.97 Å². The highest BCUT2D eigenvalue weighted by molar-refractivity contribution is 6.34. The Morgan fingerprint density at radius 3 is 2.79 bits per heavy atom. The van der Waals surface area contributed by atoms with Gasteiger partial charge < -0.3 is 19.5 Å². The van der Waals surface area contributed by atoms with Crippen LogP contribution in [0.5, 0.6) is 0 Å². The lowest BCUT2D eigenvalue weighted by molar-refractivity contribution is -0.110. The van der Waals surface area contributed by atoms with Gasteiger partial charge in [0.25, 0.3) is 5.91 Å². The molecule has 0 unspecified atom stereocenters. The fraction of sp³-hybridized carbons (Fsp3) is 0.391. The van der Waals surface area contributed by atoms with Crippen LogP contribution in [-0.4, -0.2) is 47.6 Å². The molecule has 1 aromatic heterocycles. The SMILES string of the molecule is CCOC(=O)c1cn(C=C2C(=O)Nc3ccccc32)cc1CCCN1CCCC1. The third-order valence-corrected chi connectivity index (χ3v) is 5.53. The van der Waals surface area contributed by atoms with E-state index in [0.717, 1.165) is 36.2 Å². The molecule has 0 saturated carbocycles. The summed E-state index contributed by atoms with van der Waals surface area (Å²) in [5.74, 6) is -0.440. The zero-order valence-electron chi connectivity index (χ0n) is 16.8. The first-order valence-corrected chi connectivity index (χ1v) is 10.4. The first kappa shape index (κ1) is 19.5. The maximum atomic E-state index is 12.5. The molecule has 1 aromatic carbocycles. The van der Waals surface area contributed by atoms with E-state index in [0.29, 0.717) is 17.7 Å². The zero-order valence-corrected chi connectivity index (χ0v) is 16.8.